The summed E-state index contributed by atoms with van der Waals surface area (Å²) < 4.78 is 0. The summed E-state index contributed by atoms with van der Waals surface area (Å²) in [7, 11) is 0. The second-order valence-electron chi connectivity index (χ2n) is 3.10. The van der Waals surface area contributed by atoms with E-state index in [1.807, 2.05) is 0 Å². The van der Waals surface area contributed by atoms with Crippen LogP contribution in [0.1, 0.15) is 19.8 Å². The molecule has 0 aliphatic carbocycles. The lowest BCUT2D eigenvalue weighted by molar-refractivity contribution is 0.252. The van der Waals surface area contributed by atoms with Gasteiger partial charge in [0.05, 0.1) is 5.02 Å². The number of halogens is 1. The summed E-state index contributed by atoms with van der Waals surface area (Å²) in [6, 6.07) is 3.09. The topological polar surface area (TPSA) is 54.0 Å². The number of unbranched alkanes of at least 4 members (excludes halogenated alkanes) is 1. The van der Waals surface area contributed by atoms with Crippen molar-refractivity contribution in [2.75, 3.05) is 11.9 Å². The van der Waals surface area contributed by atoms with Gasteiger partial charge in [-0.2, -0.15) is 0 Å². The fourth-order valence-corrected chi connectivity index (χ4v) is 1.10. The Morgan fingerprint density at radius 1 is 1.53 bits per heavy atom. The van der Waals surface area contributed by atoms with E-state index in [2.05, 4.69) is 22.5 Å². The lowest BCUT2D eigenvalue weighted by Crippen LogP contribution is -2.29. The molecule has 1 heterocycles. The maximum absolute atomic E-state index is 11.3. The maximum Gasteiger partial charge on any atom is 0.320 e. The van der Waals surface area contributed by atoms with Crippen LogP contribution in [0.4, 0.5) is 10.6 Å². The highest BCUT2D eigenvalue weighted by Gasteiger charge is 2.00. The van der Waals surface area contributed by atoms with E-state index in [-0.39, 0.29) is 6.03 Å². The van der Waals surface area contributed by atoms with E-state index in [0.717, 1.165) is 12.8 Å². The molecule has 2 N–H and O–H groups in total. The monoisotopic (exact) mass is 227 g/mol. The van der Waals surface area contributed by atoms with Gasteiger partial charge in [0.15, 0.2) is 0 Å². The molecule has 0 aliphatic heterocycles. The van der Waals surface area contributed by atoms with Crippen molar-refractivity contribution >= 4 is 23.4 Å². The Balaban J connectivity index is 2.34. The van der Waals surface area contributed by atoms with Crippen molar-refractivity contribution in [2.45, 2.75) is 19.8 Å². The van der Waals surface area contributed by atoms with Gasteiger partial charge in [0.25, 0.3) is 0 Å². The van der Waals surface area contributed by atoms with Crippen LogP contribution >= 0.6 is 11.6 Å². The molecule has 15 heavy (non-hydrogen) atoms. The molecule has 82 valence electrons. The first-order chi connectivity index (χ1) is 7.22. The first kappa shape index (κ1) is 11.8. The van der Waals surface area contributed by atoms with Crippen LogP contribution in [0.25, 0.3) is 0 Å². The summed E-state index contributed by atoms with van der Waals surface area (Å²) in [6.45, 7) is 2.75. The predicted molar refractivity (Wildman–Crippen MR) is 61.2 cm³/mol. The van der Waals surface area contributed by atoms with Crippen LogP contribution in [0.3, 0.4) is 0 Å². The third-order valence-electron chi connectivity index (χ3n) is 1.78. The molecule has 0 unspecified atom stereocenters. The zero-order chi connectivity index (χ0) is 11.1. The van der Waals surface area contributed by atoms with Gasteiger partial charge in [-0.25, -0.2) is 9.78 Å². The zero-order valence-electron chi connectivity index (χ0n) is 8.59. The largest absolute Gasteiger partial charge is 0.338 e. The molecule has 4 nitrogen and oxygen atoms in total. The maximum atomic E-state index is 11.3. The zero-order valence-corrected chi connectivity index (χ0v) is 9.34. The van der Waals surface area contributed by atoms with Crippen LogP contribution in [0, 0.1) is 0 Å². The highest BCUT2D eigenvalue weighted by molar-refractivity contribution is 6.30. The SMILES string of the molecule is CCCCNC(=O)Nc1ccc(Cl)cn1. The fourth-order valence-electron chi connectivity index (χ4n) is 0.989. The Labute approximate surface area is 94.0 Å². The Morgan fingerprint density at radius 2 is 2.33 bits per heavy atom. The molecule has 0 spiro atoms. The van der Waals surface area contributed by atoms with E-state index in [4.69, 9.17) is 11.6 Å². The van der Waals surface area contributed by atoms with Gasteiger partial charge >= 0.3 is 6.03 Å². The van der Waals surface area contributed by atoms with E-state index in [1.54, 1.807) is 12.1 Å². The van der Waals surface area contributed by atoms with Crippen molar-refractivity contribution in [3.63, 3.8) is 0 Å². The van der Waals surface area contributed by atoms with Gasteiger partial charge in [-0.1, -0.05) is 24.9 Å². The summed E-state index contributed by atoms with van der Waals surface area (Å²) in [6.07, 6.45) is 3.52. The Bertz CT molecular complexity index is 313. The predicted octanol–water partition coefficient (Wildman–Crippen LogP) is 2.66. The van der Waals surface area contributed by atoms with Gasteiger partial charge in [0.2, 0.25) is 0 Å². The molecule has 0 bridgehead atoms. The molecule has 0 fully saturated rings. The number of carbonyl (C=O) groups is 1. The third-order valence-corrected chi connectivity index (χ3v) is 2.01. The number of rotatable bonds is 4. The molecular formula is C10H14ClN3O. The summed E-state index contributed by atoms with van der Waals surface area (Å²) >= 11 is 5.66. The Kier molecular flexibility index (Phi) is 4.90. The Hall–Kier alpha value is -1.29. The minimum atomic E-state index is -0.238. The van der Waals surface area contributed by atoms with E-state index in [0.29, 0.717) is 17.4 Å². The molecule has 0 saturated carbocycles. The summed E-state index contributed by atoms with van der Waals surface area (Å²) in [4.78, 5) is 15.2. The number of pyridine rings is 1. The lowest BCUT2D eigenvalue weighted by Gasteiger charge is -2.05. The minimum absolute atomic E-state index is 0.238. The molecule has 1 rings (SSSR count). The quantitative estimate of drug-likeness (QED) is 0.777. The van der Waals surface area contributed by atoms with E-state index >= 15 is 0 Å². The number of nitrogens with one attached hydrogen (secondary N) is 2. The van der Waals surface area contributed by atoms with Crippen molar-refractivity contribution in [3.8, 4) is 0 Å². The molecule has 0 aliphatic rings. The number of nitrogens with zero attached hydrogens (tertiary/aromatic N) is 1. The van der Waals surface area contributed by atoms with E-state index in [1.165, 1.54) is 6.20 Å². The minimum Gasteiger partial charge on any atom is -0.338 e. The average Bonchev–Trinajstić information content (AvgIpc) is 2.22. The number of amides is 2. The van der Waals surface area contributed by atoms with Gasteiger partial charge in [0.1, 0.15) is 5.82 Å². The first-order valence-corrected chi connectivity index (χ1v) is 5.26. The molecule has 2 amide bonds. The van der Waals surface area contributed by atoms with Crippen LogP contribution in [0.5, 0.6) is 0 Å². The molecular weight excluding hydrogens is 214 g/mol. The molecule has 0 radical (unpaired) electrons. The smallest absolute Gasteiger partial charge is 0.320 e. The molecule has 1 aromatic rings. The van der Waals surface area contributed by atoms with E-state index < -0.39 is 0 Å². The number of carbonyl (C=O) groups excluding carboxylic acids is 1. The normalized spacial score (nSPS) is 9.73. The number of aromatic nitrogens is 1. The molecule has 0 aromatic carbocycles. The highest BCUT2D eigenvalue weighted by atomic mass is 35.5. The lowest BCUT2D eigenvalue weighted by atomic mass is 10.3. The third kappa shape index (κ3) is 4.65. The molecule has 0 atom stereocenters. The Morgan fingerprint density at radius 3 is 2.93 bits per heavy atom. The second-order valence-corrected chi connectivity index (χ2v) is 3.53. The van der Waals surface area contributed by atoms with Crippen LogP contribution in [-0.2, 0) is 0 Å². The van der Waals surface area contributed by atoms with Gasteiger partial charge in [-0.3, -0.25) is 5.32 Å². The standard InChI is InChI=1S/C10H14ClN3O/c1-2-3-6-12-10(15)14-9-5-4-8(11)7-13-9/h4-5,7H,2-3,6H2,1H3,(H2,12,13,14,15). The number of hydrogen-bond donors (Lipinski definition) is 2. The van der Waals surface area contributed by atoms with Crippen molar-refractivity contribution in [1.29, 1.82) is 0 Å². The number of hydrogen-bond acceptors (Lipinski definition) is 2. The van der Waals surface area contributed by atoms with Crippen molar-refractivity contribution in [2.24, 2.45) is 0 Å². The molecule has 0 saturated heterocycles. The summed E-state index contributed by atoms with van der Waals surface area (Å²) in [5.74, 6) is 0.494. The summed E-state index contributed by atoms with van der Waals surface area (Å²) in [5, 5.41) is 5.88. The van der Waals surface area contributed by atoms with Gasteiger partial charge in [-0.05, 0) is 18.6 Å². The van der Waals surface area contributed by atoms with Crippen molar-refractivity contribution < 1.29 is 4.79 Å². The average molecular weight is 228 g/mol. The molecule has 1 aromatic heterocycles. The number of anilines is 1. The fraction of sp³-hybridized carbons (Fsp3) is 0.400. The number of urea groups is 1. The van der Waals surface area contributed by atoms with Crippen molar-refractivity contribution in [3.05, 3.63) is 23.4 Å². The van der Waals surface area contributed by atoms with Gasteiger partial charge in [0, 0.05) is 12.7 Å². The summed E-state index contributed by atoms with van der Waals surface area (Å²) in [5.41, 5.74) is 0. The highest BCUT2D eigenvalue weighted by Crippen LogP contribution is 2.08. The van der Waals surface area contributed by atoms with Gasteiger partial charge in [-0.15, -0.1) is 0 Å². The van der Waals surface area contributed by atoms with Crippen LogP contribution in [-0.4, -0.2) is 17.6 Å². The second kappa shape index (κ2) is 6.24. The van der Waals surface area contributed by atoms with E-state index in [9.17, 15) is 4.79 Å². The molecule has 5 heteroatoms. The van der Waals surface area contributed by atoms with Gasteiger partial charge < -0.3 is 5.32 Å². The van der Waals surface area contributed by atoms with Crippen LogP contribution < -0.4 is 10.6 Å². The van der Waals surface area contributed by atoms with Crippen LogP contribution in [0.2, 0.25) is 5.02 Å². The van der Waals surface area contributed by atoms with Crippen molar-refractivity contribution in [1.82, 2.24) is 10.3 Å². The van der Waals surface area contributed by atoms with Crippen LogP contribution in [0.15, 0.2) is 18.3 Å². The first-order valence-electron chi connectivity index (χ1n) is 4.88.